The predicted octanol–water partition coefficient (Wildman–Crippen LogP) is 1.51. The number of nitrogens with one attached hydrogen (secondary N) is 1. The number of hydrazine groups is 1. The highest BCUT2D eigenvalue weighted by atomic mass is 32.1. The van der Waals surface area contributed by atoms with Gasteiger partial charge in [-0.1, -0.05) is 13.3 Å². The number of hydrogen-bond acceptors (Lipinski definition) is 5. The van der Waals surface area contributed by atoms with Crippen molar-refractivity contribution in [2.24, 2.45) is 11.8 Å². The van der Waals surface area contributed by atoms with Crippen LogP contribution in [0.15, 0.2) is 11.4 Å². The highest BCUT2D eigenvalue weighted by Crippen LogP contribution is 2.48. The fourth-order valence-corrected chi connectivity index (χ4v) is 4.84. The zero-order chi connectivity index (χ0) is 16.1. The van der Waals surface area contributed by atoms with E-state index in [1.165, 1.54) is 11.3 Å². The number of thiophene rings is 1. The number of aryl methyl sites for hydroxylation is 1. The molecule has 3 amide bonds. The van der Waals surface area contributed by atoms with E-state index in [9.17, 15) is 14.4 Å². The molecule has 1 aromatic rings. The molecule has 2 bridgehead atoms. The topological polar surface area (TPSA) is 75.7 Å². The molecule has 4 heterocycles. The van der Waals surface area contributed by atoms with Gasteiger partial charge in [-0.2, -0.15) is 5.01 Å². The summed E-state index contributed by atoms with van der Waals surface area (Å²) >= 11 is 1.52. The first-order valence-electron chi connectivity index (χ1n) is 8.01. The van der Waals surface area contributed by atoms with Crippen LogP contribution in [0.25, 0.3) is 0 Å². The van der Waals surface area contributed by atoms with E-state index in [2.05, 4.69) is 12.3 Å². The Kier molecular flexibility index (Phi) is 3.50. The molecule has 0 unspecified atom stereocenters. The van der Waals surface area contributed by atoms with Crippen LogP contribution in [0.1, 0.15) is 41.4 Å². The smallest absolute Gasteiger partial charge is 0.271 e. The fourth-order valence-electron chi connectivity index (χ4n) is 3.87. The number of fused-ring (bicyclic) bond motifs is 5. The van der Waals surface area contributed by atoms with Crippen molar-refractivity contribution in [2.45, 2.75) is 44.8 Å². The van der Waals surface area contributed by atoms with Gasteiger partial charge in [0.2, 0.25) is 0 Å². The summed E-state index contributed by atoms with van der Waals surface area (Å²) in [6.07, 6.45) is 3.23. The molecule has 4 atom stereocenters. The Morgan fingerprint density at radius 3 is 2.57 bits per heavy atom. The van der Waals surface area contributed by atoms with Crippen LogP contribution in [0.2, 0.25) is 0 Å². The maximum Gasteiger partial charge on any atom is 0.271 e. The Morgan fingerprint density at radius 1 is 1.30 bits per heavy atom. The number of imide groups is 1. The SMILES string of the molecule is CCCc1cc(C(=O)NN2C(=O)[C@@H]3[C@H](C2=O)[C@H]2CC[C@@H]3O2)cs1. The number of carbonyl (C=O) groups is 3. The molecular weight excluding hydrogens is 316 g/mol. The van der Waals surface area contributed by atoms with Crippen molar-refractivity contribution >= 4 is 29.1 Å². The first-order valence-corrected chi connectivity index (χ1v) is 8.89. The Bertz CT molecular complexity index is 657. The minimum Gasteiger partial charge on any atom is -0.373 e. The molecule has 6 nitrogen and oxygen atoms in total. The number of hydrogen-bond donors (Lipinski definition) is 1. The molecule has 1 aromatic heterocycles. The summed E-state index contributed by atoms with van der Waals surface area (Å²) < 4.78 is 5.67. The van der Waals surface area contributed by atoms with Crippen molar-refractivity contribution in [2.75, 3.05) is 0 Å². The Balaban J connectivity index is 1.49. The third-order valence-electron chi connectivity index (χ3n) is 4.91. The van der Waals surface area contributed by atoms with E-state index in [4.69, 9.17) is 4.74 Å². The maximum absolute atomic E-state index is 12.5. The van der Waals surface area contributed by atoms with Gasteiger partial charge in [-0.25, -0.2) is 0 Å². The third-order valence-corrected chi connectivity index (χ3v) is 5.91. The highest BCUT2D eigenvalue weighted by molar-refractivity contribution is 7.10. The summed E-state index contributed by atoms with van der Waals surface area (Å²) in [4.78, 5) is 38.4. The number of rotatable bonds is 4. The van der Waals surface area contributed by atoms with Crippen molar-refractivity contribution in [1.29, 1.82) is 0 Å². The van der Waals surface area contributed by atoms with Gasteiger partial charge in [0.05, 0.1) is 29.6 Å². The molecule has 7 heteroatoms. The molecule has 23 heavy (non-hydrogen) atoms. The maximum atomic E-state index is 12.5. The van der Waals surface area contributed by atoms with Crippen LogP contribution in [0.5, 0.6) is 0 Å². The Morgan fingerprint density at radius 2 is 1.96 bits per heavy atom. The van der Waals surface area contributed by atoms with Gasteiger partial charge in [-0.3, -0.25) is 19.8 Å². The van der Waals surface area contributed by atoms with E-state index in [0.717, 1.165) is 35.6 Å². The molecule has 0 saturated carbocycles. The molecule has 3 aliphatic rings. The lowest BCUT2D eigenvalue weighted by Crippen LogP contribution is -2.47. The predicted molar refractivity (Wildman–Crippen MR) is 82.5 cm³/mol. The standard InChI is InChI=1S/C16H18N2O4S/c1-2-3-9-6-8(7-23-9)14(19)17-18-15(20)12-10-4-5-11(22-10)13(12)16(18)21/h6-7,10-13H,2-5H2,1H3,(H,17,19)/t10-,11+,12-,13+. The second kappa shape index (κ2) is 5.42. The average Bonchev–Trinajstić information content (AvgIpc) is 3.28. The second-order valence-corrected chi connectivity index (χ2v) is 7.34. The number of ether oxygens (including phenoxy) is 1. The number of nitrogens with zero attached hydrogens (tertiary/aromatic N) is 1. The van der Waals surface area contributed by atoms with Gasteiger partial charge in [0.15, 0.2) is 0 Å². The normalized spacial score (nSPS) is 31.8. The Labute approximate surface area is 137 Å². The molecule has 3 fully saturated rings. The molecule has 0 spiro atoms. The van der Waals surface area contributed by atoms with Gasteiger partial charge in [0.1, 0.15) is 0 Å². The molecule has 0 aromatic carbocycles. The Hall–Kier alpha value is -1.73. The number of amides is 3. The highest BCUT2D eigenvalue weighted by Gasteiger charge is 2.62. The van der Waals surface area contributed by atoms with Crippen molar-refractivity contribution in [3.8, 4) is 0 Å². The summed E-state index contributed by atoms with van der Waals surface area (Å²) in [5.74, 6) is -1.90. The summed E-state index contributed by atoms with van der Waals surface area (Å²) in [7, 11) is 0. The first-order chi connectivity index (χ1) is 11.1. The van der Waals surface area contributed by atoms with Gasteiger partial charge in [-0.15, -0.1) is 11.3 Å². The van der Waals surface area contributed by atoms with Crippen LogP contribution in [0, 0.1) is 11.8 Å². The summed E-state index contributed by atoms with van der Waals surface area (Å²) in [6.45, 7) is 2.08. The molecule has 3 saturated heterocycles. The van der Waals surface area contributed by atoms with Crippen molar-refractivity contribution in [1.82, 2.24) is 10.4 Å². The quantitative estimate of drug-likeness (QED) is 0.847. The number of carbonyl (C=O) groups excluding carboxylic acids is 3. The zero-order valence-electron chi connectivity index (χ0n) is 12.8. The van der Waals surface area contributed by atoms with Crippen LogP contribution < -0.4 is 5.43 Å². The van der Waals surface area contributed by atoms with E-state index in [-0.39, 0.29) is 24.0 Å². The van der Waals surface area contributed by atoms with Crippen molar-refractivity contribution in [3.63, 3.8) is 0 Å². The van der Waals surface area contributed by atoms with E-state index >= 15 is 0 Å². The van der Waals surface area contributed by atoms with Gasteiger partial charge < -0.3 is 4.74 Å². The van der Waals surface area contributed by atoms with Crippen LogP contribution >= 0.6 is 11.3 Å². The largest absolute Gasteiger partial charge is 0.373 e. The molecular formula is C16H18N2O4S. The lowest BCUT2D eigenvalue weighted by atomic mass is 9.81. The van der Waals surface area contributed by atoms with Crippen LogP contribution in [-0.4, -0.2) is 34.9 Å². The van der Waals surface area contributed by atoms with Crippen molar-refractivity contribution in [3.05, 3.63) is 21.9 Å². The van der Waals surface area contributed by atoms with E-state index in [1.54, 1.807) is 5.38 Å². The summed E-state index contributed by atoms with van der Waals surface area (Å²) in [5, 5.41) is 2.68. The molecule has 4 rings (SSSR count). The summed E-state index contributed by atoms with van der Waals surface area (Å²) in [6, 6.07) is 1.82. The summed E-state index contributed by atoms with van der Waals surface area (Å²) in [5.41, 5.74) is 2.99. The second-order valence-electron chi connectivity index (χ2n) is 6.35. The van der Waals surface area contributed by atoms with Crippen LogP contribution in [-0.2, 0) is 20.7 Å². The van der Waals surface area contributed by atoms with Crippen LogP contribution in [0.4, 0.5) is 0 Å². The van der Waals surface area contributed by atoms with E-state index in [0.29, 0.717) is 5.56 Å². The molecule has 122 valence electrons. The van der Waals surface area contributed by atoms with E-state index in [1.807, 2.05) is 6.07 Å². The fraction of sp³-hybridized carbons (Fsp3) is 0.562. The lowest BCUT2D eigenvalue weighted by Gasteiger charge is -2.17. The minimum absolute atomic E-state index is 0.166. The third kappa shape index (κ3) is 2.21. The van der Waals surface area contributed by atoms with Crippen LogP contribution in [0.3, 0.4) is 0 Å². The average molecular weight is 334 g/mol. The molecule has 0 radical (unpaired) electrons. The van der Waals surface area contributed by atoms with Gasteiger partial charge in [-0.05, 0) is 25.3 Å². The lowest BCUT2D eigenvalue weighted by molar-refractivity contribution is -0.145. The monoisotopic (exact) mass is 334 g/mol. The molecule has 1 N–H and O–H groups in total. The first kappa shape index (κ1) is 14.8. The van der Waals surface area contributed by atoms with Gasteiger partial charge in [0.25, 0.3) is 17.7 Å². The van der Waals surface area contributed by atoms with E-state index < -0.39 is 17.7 Å². The van der Waals surface area contributed by atoms with Crippen molar-refractivity contribution < 1.29 is 19.1 Å². The van der Waals surface area contributed by atoms with Gasteiger partial charge >= 0.3 is 0 Å². The minimum atomic E-state index is -0.417. The van der Waals surface area contributed by atoms with Gasteiger partial charge in [0, 0.05) is 10.3 Å². The molecule has 0 aliphatic carbocycles. The molecule has 3 aliphatic heterocycles. The zero-order valence-corrected chi connectivity index (χ0v) is 13.6.